The average molecular weight is 326 g/mol. The molecular weight excluding hydrogens is 314 g/mol. The monoisotopic (exact) mass is 325 g/mol. The van der Waals surface area contributed by atoms with E-state index in [2.05, 4.69) is 0 Å². The van der Waals surface area contributed by atoms with Crippen LogP contribution in [0.4, 0.5) is 5.69 Å². The van der Waals surface area contributed by atoms with Crippen LogP contribution in [0.3, 0.4) is 0 Å². The van der Waals surface area contributed by atoms with Gasteiger partial charge in [0.2, 0.25) is 0 Å². The van der Waals surface area contributed by atoms with E-state index in [4.69, 9.17) is 16.3 Å². The summed E-state index contributed by atoms with van der Waals surface area (Å²) in [4.78, 5) is 33.9. The fourth-order valence-electron chi connectivity index (χ4n) is 1.95. The van der Waals surface area contributed by atoms with Crippen molar-refractivity contribution < 1.29 is 9.66 Å². The lowest BCUT2D eigenvalue weighted by atomic mass is 10.2. The molecular formula is C13H12ClN3O5. The Balaban J connectivity index is 2.51. The van der Waals surface area contributed by atoms with Gasteiger partial charge in [-0.2, -0.15) is 0 Å². The summed E-state index contributed by atoms with van der Waals surface area (Å²) >= 11 is 5.91. The number of nitro groups is 1. The fraction of sp³-hybridized carbons (Fsp3) is 0.231. The predicted octanol–water partition coefficient (Wildman–Crippen LogP) is 1.17. The summed E-state index contributed by atoms with van der Waals surface area (Å²) < 4.78 is 6.97. The van der Waals surface area contributed by atoms with E-state index >= 15 is 0 Å². The molecule has 0 N–H and O–H groups in total. The summed E-state index contributed by atoms with van der Waals surface area (Å²) in [6, 6.07) is 5.43. The highest BCUT2D eigenvalue weighted by atomic mass is 35.5. The van der Waals surface area contributed by atoms with Gasteiger partial charge in [-0.25, -0.2) is 4.79 Å². The Morgan fingerprint density at radius 2 is 2.00 bits per heavy atom. The Bertz CT molecular complexity index is 856. The largest absolute Gasteiger partial charge is 0.490 e. The lowest BCUT2D eigenvalue weighted by Crippen LogP contribution is -2.37. The van der Waals surface area contributed by atoms with Gasteiger partial charge in [0.15, 0.2) is 5.75 Å². The quantitative estimate of drug-likeness (QED) is 0.477. The molecule has 22 heavy (non-hydrogen) atoms. The highest BCUT2D eigenvalue weighted by Crippen LogP contribution is 2.27. The number of nitrogens with zero attached hydrogens (tertiary/aromatic N) is 3. The van der Waals surface area contributed by atoms with Gasteiger partial charge in [0.1, 0.15) is 5.15 Å². The minimum Gasteiger partial charge on any atom is -0.490 e. The third kappa shape index (κ3) is 2.86. The fourth-order valence-corrected chi connectivity index (χ4v) is 2.17. The molecule has 2 aromatic rings. The minimum absolute atomic E-state index is 0.00335. The second-order valence-electron chi connectivity index (χ2n) is 4.50. The van der Waals surface area contributed by atoms with Crippen LogP contribution in [0.25, 0.3) is 0 Å². The maximum absolute atomic E-state index is 12.0. The van der Waals surface area contributed by atoms with Crippen molar-refractivity contribution in [2.75, 3.05) is 7.11 Å². The van der Waals surface area contributed by atoms with Gasteiger partial charge in [0.25, 0.3) is 5.56 Å². The Morgan fingerprint density at radius 3 is 2.59 bits per heavy atom. The van der Waals surface area contributed by atoms with E-state index in [-0.39, 0.29) is 23.1 Å². The molecule has 1 aromatic heterocycles. The molecule has 0 unspecified atom stereocenters. The summed E-state index contributed by atoms with van der Waals surface area (Å²) in [5, 5.41) is 11.0. The number of rotatable bonds is 4. The van der Waals surface area contributed by atoms with Crippen molar-refractivity contribution in [2.24, 2.45) is 7.05 Å². The molecule has 8 nitrogen and oxygen atoms in total. The normalized spacial score (nSPS) is 10.5. The van der Waals surface area contributed by atoms with Crippen LogP contribution in [0.5, 0.6) is 5.75 Å². The zero-order valence-corrected chi connectivity index (χ0v) is 12.5. The Kier molecular flexibility index (Phi) is 4.32. The van der Waals surface area contributed by atoms with Gasteiger partial charge in [-0.3, -0.25) is 24.0 Å². The molecule has 1 heterocycles. The number of methoxy groups -OCH3 is 1. The number of aromatic nitrogens is 2. The SMILES string of the molecule is COc1ccc(Cn2c(Cl)cc(=O)n(C)c2=O)cc1[N+](=O)[O-]. The lowest BCUT2D eigenvalue weighted by molar-refractivity contribution is -0.385. The summed E-state index contributed by atoms with van der Waals surface area (Å²) in [6.07, 6.45) is 0. The Morgan fingerprint density at radius 1 is 1.32 bits per heavy atom. The second-order valence-corrected chi connectivity index (χ2v) is 4.88. The summed E-state index contributed by atoms with van der Waals surface area (Å²) in [6.45, 7) is -0.00335. The maximum atomic E-state index is 12.0. The number of benzene rings is 1. The molecule has 2 rings (SSSR count). The first-order valence-electron chi connectivity index (χ1n) is 6.13. The average Bonchev–Trinajstić information content (AvgIpc) is 2.49. The third-order valence-corrected chi connectivity index (χ3v) is 3.44. The van der Waals surface area contributed by atoms with Crippen molar-refractivity contribution in [1.29, 1.82) is 0 Å². The Hall–Kier alpha value is -2.61. The summed E-state index contributed by atoms with van der Waals surface area (Å²) in [5.41, 5.74) is -0.855. The van der Waals surface area contributed by atoms with Crippen LogP contribution in [-0.4, -0.2) is 21.2 Å². The van der Waals surface area contributed by atoms with E-state index in [1.54, 1.807) is 6.07 Å². The second kappa shape index (κ2) is 6.02. The molecule has 9 heteroatoms. The van der Waals surface area contributed by atoms with Crippen LogP contribution in [-0.2, 0) is 13.6 Å². The van der Waals surface area contributed by atoms with Crippen molar-refractivity contribution in [2.45, 2.75) is 6.54 Å². The minimum atomic E-state index is -0.601. The Labute approximate surface area is 129 Å². The van der Waals surface area contributed by atoms with E-state index in [0.717, 1.165) is 15.2 Å². The van der Waals surface area contributed by atoms with Crippen LogP contribution < -0.4 is 16.0 Å². The summed E-state index contributed by atoms with van der Waals surface area (Å²) in [5.74, 6) is 0.118. The molecule has 0 saturated carbocycles. The van der Waals surface area contributed by atoms with E-state index in [1.807, 2.05) is 0 Å². The van der Waals surface area contributed by atoms with E-state index in [1.165, 1.54) is 26.3 Å². The number of hydrogen-bond donors (Lipinski definition) is 0. The van der Waals surface area contributed by atoms with Crippen LogP contribution in [0.1, 0.15) is 5.56 Å². The van der Waals surface area contributed by atoms with Gasteiger partial charge in [0.05, 0.1) is 18.6 Å². The first-order chi connectivity index (χ1) is 10.3. The van der Waals surface area contributed by atoms with Gasteiger partial charge in [-0.15, -0.1) is 0 Å². The van der Waals surface area contributed by atoms with Crippen molar-refractivity contribution in [3.8, 4) is 5.75 Å². The predicted molar refractivity (Wildman–Crippen MR) is 79.7 cm³/mol. The molecule has 0 amide bonds. The molecule has 0 aliphatic rings. The summed E-state index contributed by atoms with van der Waals surface area (Å²) in [7, 11) is 2.66. The van der Waals surface area contributed by atoms with E-state index < -0.39 is 16.2 Å². The lowest BCUT2D eigenvalue weighted by Gasteiger charge is -2.10. The molecule has 0 spiro atoms. The van der Waals surface area contributed by atoms with Gasteiger partial charge < -0.3 is 4.74 Å². The van der Waals surface area contributed by atoms with Gasteiger partial charge in [-0.05, 0) is 11.6 Å². The van der Waals surface area contributed by atoms with Crippen LogP contribution in [0.15, 0.2) is 33.9 Å². The third-order valence-electron chi connectivity index (χ3n) is 3.13. The van der Waals surface area contributed by atoms with Crippen LogP contribution in [0.2, 0.25) is 5.15 Å². The molecule has 0 radical (unpaired) electrons. The maximum Gasteiger partial charge on any atom is 0.332 e. The molecule has 0 aliphatic carbocycles. The zero-order valence-electron chi connectivity index (χ0n) is 11.8. The van der Waals surface area contributed by atoms with Gasteiger partial charge in [0, 0.05) is 19.2 Å². The van der Waals surface area contributed by atoms with Crippen LogP contribution >= 0.6 is 11.6 Å². The highest BCUT2D eigenvalue weighted by Gasteiger charge is 2.16. The highest BCUT2D eigenvalue weighted by molar-refractivity contribution is 6.29. The van der Waals surface area contributed by atoms with Gasteiger partial charge in [-0.1, -0.05) is 17.7 Å². The smallest absolute Gasteiger partial charge is 0.332 e. The van der Waals surface area contributed by atoms with Crippen molar-refractivity contribution in [3.05, 3.63) is 65.9 Å². The number of ether oxygens (including phenoxy) is 1. The topological polar surface area (TPSA) is 96.4 Å². The first kappa shape index (κ1) is 15.8. The first-order valence-corrected chi connectivity index (χ1v) is 6.50. The molecule has 0 atom stereocenters. The van der Waals surface area contributed by atoms with Crippen molar-refractivity contribution in [1.82, 2.24) is 9.13 Å². The molecule has 116 valence electrons. The molecule has 0 fully saturated rings. The van der Waals surface area contributed by atoms with Crippen molar-refractivity contribution in [3.63, 3.8) is 0 Å². The van der Waals surface area contributed by atoms with Crippen molar-refractivity contribution >= 4 is 17.3 Å². The van der Waals surface area contributed by atoms with E-state index in [0.29, 0.717) is 5.56 Å². The molecule has 1 aromatic carbocycles. The molecule has 0 bridgehead atoms. The van der Waals surface area contributed by atoms with E-state index in [9.17, 15) is 19.7 Å². The van der Waals surface area contributed by atoms with Crippen LogP contribution in [0, 0.1) is 10.1 Å². The molecule has 0 saturated heterocycles. The number of hydrogen-bond acceptors (Lipinski definition) is 5. The number of nitro benzene ring substituents is 1. The van der Waals surface area contributed by atoms with Gasteiger partial charge >= 0.3 is 11.4 Å². The zero-order chi connectivity index (χ0) is 16.4. The molecule has 0 aliphatic heterocycles. The standard InChI is InChI=1S/C13H12ClN3O5/c1-15-12(18)6-11(14)16(13(15)19)7-8-3-4-10(22-2)9(5-8)17(20)21/h3-6H,7H2,1-2H3. The number of halogens is 1.